The van der Waals surface area contributed by atoms with Gasteiger partial charge in [-0.05, 0) is 12.1 Å². The zero-order valence-electron chi connectivity index (χ0n) is 14.7. The van der Waals surface area contributed by atoms with Gasteiger partial charge in [0, 0.05) is 23.6 Å². The summed E-state index contributed by atoms with van der Waals surface area (Å²) in [6, 6.07) is 3.00. The van der Waals surface area contributed by atoms with Crippen LogP contribution in [0.2, 0.25) is 0 Å². The zero-order valence-corrected chi connectivity index (χ0v) is 14.7. The largest absolute Gasteiger partial charge is 0.458 e. The molecule has 0 aliphatic rings. The lowest BCUT2D eigenvalue weighted by atomic mass is 10.0. The molecule has 0 spiro atoms. The maximum Gasteiger partial charge on any atom is 0.458 e. The highest BCUT2D eigenvalue weighted by molar-refractivity contribution is 6.00. The molecule has 2 amide bonds. The number of aryl methyl sites for hydroxylation is 1. The van der Waals surface area contributed by atoms with E-state index in [-0.39, 0.29) is 16.6 Å². The molecular weight excluding hydrogens is 399 g/mol. The molecule has 0 radical (unpaired) electrons. The number of fused-ring (bicyclic) bond motifs is 1. The number of rotatable bonds is 4. The fourth-order valence-corrected chi connectivity index (χ4v) is 2.62. The molecule has 12 heteroatoms. The Morgan fingerprint density at radius 3 is 2.55 bits per heavy atom. The molecule has 0 atom stereocenters. The van der Waals surface area contributed by atoms with Gasteiger partial charge in [-0.1, -0.05) is 12.1 Å². The lowest BCUT2D eigenvalue weighted by molar-refractivity contribution is -0.289. The van der Waals surface area contributed by atoms with Crippen LogP contribution in [0.4, 0.5) is 26.7 Å². The maximum atomic E-state index is 13.8. The minimum absolute atomic E-state index is 0.120. The van der Waals surface area contributed by atoms with Gasteiger partial charge < -0.3 is 10.3 Å². The number of benzene rings is 1. The van der Waals surface area contributed by atoms with E-state index in [9.17, 15) is 26.7 Å². The Labute approximate surface area is 160 Å². The van der Waals surface area contributed by atoms with Crippen molar-refractivity contribution in [2.75, 3.05) is 0 Å². The Kier molecular flexibility index (Phi) is 4.95. The second kappa shape index (κ2) is 7.11. The third-order valence-electron chi connectivity index (χ3n) is 4.02. The average molecular weight is 412 g/mol. The number of amides is 2. The predicted molar refractivity (Wildman–Crippen MR) is 94.2 cm³/mol. The van der Waals surface area contributed by atoms with Gasteiger partial charge in [-0.15, -0.1) is 0 Å². The lowest BCUT2D eigenvalue weighted by Gasteiger charge is -2.20. The van der Waals surface area contributed by atoms with Crippen LogP contribution in [0.15, 0.2) is 41.9 Å². The molecule has 0 unspecified atom stereocenters. The summed E-state index contributed by atoms with van der Waals surface area (Å²) in [7, 11) is 1.66. The van der Waals surface area contributed by atoms with E-state index >= 15 is 0 Å². The van der Waals surface area contributed by atoms with Crippen LogP contribution in [0.1, 0.15) is 11.1 Å². The number of nitrogens with one attached hydrogen (secondary N) is 1. The van der Waals surface area contributed by atoms with E-state index in [1.54, 1.807) is 11.6 Å². The van der Waals surface area contributed by atoms with Crippen LogP contribution >= 0.6 is 0 Å². The maximum absolute atomic E-state index is 13.8. The SMILES string of the molecule is Cn1cncc1-c1cc(/C=N/NC(N)=O)c2ccc(C(F)(F)C(F)(F)F)cc2n1. The fraction of sp³-hybridized carbons (Fsp3) is 0.176. The molecule has 1 aromatic carbocycles. The standard InChI is InChI=1S/C17H13F5N6O/c1-28-8-24-7-14(28)13-4-9(6-25-27-15(23)29)11-3-2-10(5-12(11)26-13)16(18,19)17(20,21)22/h2-8H,1H3,(H3,23,27,29)/b25-6+. The summed E-state index contributed by atoms with van der Waals surface area (Å²) < 4.78 is 67.3. The smallest absolute Gasteiger partial charge is 0.350 e. The molecule has 0 bridgehead atoms. The normalized spacial score (nSPS) is 12.6. The van der Waals surface area contributed by atoms with Crippen molar-refractivity contribution >= 4 is 23.1 Å². The van der Waals surface area contributed by atoms with Crippen LogP contribution in [-0.2, 0) is 13.0 Å². The minimum atomic E-state index is -5.75. The van der Waals surface area contributed by atoms with Crippen LogP contribution in [0, 0.1) is 0 Å². The summed E-state index contributed by atoms with van der Waals surface area (Å²) in [5.41, 5.74) is 6.59. The number of imidazole rings is 1. The van der Waals surface area contributed by atoms with E-state index in [1.165, 1.54) is 24.8 Å². The molecule has 0 fully saturated rings. The quantitative estimate of drug-likeness (QED) is 0.391. The molecule has 0 saturated heterocycles. The van der Waals surface area contributed by atoms with Crippen molar-refractivity contribution in [2.24, 2.45) is 17.9 Å². The Bertz CT molecular complexity index is 1110. The van der Waals surface area contributed by atoms with Crippen molar-refractivity contribution in [1.29, 1.82) is 0 Å². The molecule has 2 aromatic heterocycles. The van der Waals surface area contributed by atoms with Crippen LogP contribution in [-0.4, -0.2) is 33.0 Å². The van der Waals surface area contributed by atoms with Gasteiger partial charge in [0.15, 0.2) is 0 Å². The van der Waals surface area contributed by atoms with E-state index in [0.717, 1.165) is 6.07 Å². The van der Waals surface area contributed by atoms with Crippen molar-refractivity contribution in [2.45, 2.75) is 12.1 Å². The van der Waals surface area contributed by atoms with Gasteiger partial charge in [-0.2, -0.15) is 27.1 Å². The first-order valence-corrected chi connectivity index (χ1v) is 7.95. The van der Waals surface area contributed by atoms with E-state index in [1.807, 2.05) is 5.43 Å². The van der Waals surface area contributed by atoms with E-state index < -0.39 is 23.7 Å². The number of hydrogen-bond donors (Lipinski definition) is 2. The highest BCUT2D eigenvalue weighted by Gasteiger charge is 2.58. The Morgan fingerprint density at radius 1 is 1.24 bits per heavy atom. The van der Waals surface area contributed by atoms with Gasteiger partial charge in [0.2, 0.25) is 0 Å². The zero-order chi connectivity index (χ0) is 21.4. The third-order valence-corrected chi connectivity index (χ3v) is 4.02. The number of nitrogens with two attached hydrogens (primary N) is 1. The molecule has 0 aliphatic carbocycles. The molecule has 7 nitrogen and oxygen atoms in total. The number of carbonyl (C=O) groups is 1. The van der Waals surface area contributed by atoms with Crippen molar-refractivity contribution in [3.63, 3.8) is 0 Å². The van der Waals surface area contributed by atoms with Crippen LogP contribution in [0.5, 0.6) is 0 Å². The molecule has 2 heterocycles. The van der Waals surface area contributed by atoms with Crippen LogP contribution in [0.25, 0.3) is 22.3 Å². The highest BCUT2D eigenvalue weighted by Crippen LogP contribution is 2.44. The molecule has 152 valence electrons. The molecular formula is C17H13F5N6O. The predicted octanol–water partition coefficient (Wildman–Crippen LogP) is 3.29. The van der Waals surface area contributed by atoms with Crippen molar-refractivity contribution in [1.82, 2.24) is 20.0 Å². The summed E-state index contributed by atoms with van der Waals surface area (Å²) >= 11 is 0. The summed E-state index contributed by atoms with van der Waals surface area (Å²) in [6.07, 6.45) is -1.66. The highest BCUT2D eigenvalue weighted by atomic mass is 19.4. The molecule has 3 rings (SSSR count). The van der Waals surface area contributed by atoms with E-state index in [0.29, 0.717) is 23.4 Å². The van der Waals surface area contributed by atoms with Gasteiger partial charge >= 0.3 is 18.1 Å². The van der Waals surface area contributed by atoms with Crippen LogP contribution in [0.3, 0.4) is 0 Å². The number of aromatic nitrogens is 3. The van der Waals surface area contributed by atoms with Crippen LogP contribution < -0.4 is 11.2 Å². The molecule has 0 aliphatic heterocycles. The number of alkyl halides is 5. The first-order valence-electron chi connectivity index (χ1n) is 7.95. The van der Waals surface area contributed by atoms with Gasteiger partial charge in [0.05, 0.1) is 35.6 Å². The van der Waals surface area contributed by atoms with Gasteiger partial charge in [0.25, 0.3) is 0 Å². The second-order valence-electron chi connectivity index (χ2n) is 6.02. The second-order valence-corrected chi connectivity index (χ2v) is 6.02. The summed E-state index contributed by atoms with van der Waals surface area (Å²) in [4.78, 5) is 18.9. The average Bonchev–Trinajstić information content (AvgIpc) is 3.05. The molecule has 29 heavy (non-hydrogen) atoms. The van der Waals surface area contributed by atoms with E-state index in [2.05, 4.69) is 15.1 Å². The number of nitrogens with zero attached hydrogens (tertiary/aromatic N) is 4. The number of primary amides is 1. The molecule has 0 saturated carbocycles. The number of hydrogen-bond acceptors (Lipinski definition) is 4. The summed E-state index contributed by atoms with van der Waals surface area (Å²) in [6.45, 7) is 0. The van der Waals surface area contributed by atoms with Gasteiger partial charge in [-0.3, -0.25) is 0 Å². The Hall–Kier alpha value is -3.57. The van der Waals surface area contributed by atoms with Gasteiger partial charge in [-0.25, -0.2) is 20.2 Å². The number of pyridine rings is 1. The molecule has 3 N–H and O–H groups in total. The first-order chi connectivity index (χ1) is 13.5. The minimum Gasteiger partial charge on any atom is -0.350 e. The number of urea groups is 1. The number of hydrazone groups is 1. The fourth-order valence-electron chi connectivity index (χ4n) is 2.62. The first kappa shape index (κ1) is 20.2. The number of carbonyl (C=O) groups excluding carboxylic acids is 1. The summed E-state index contributed by atoms with van der Waals surface area (Å²) in [5, 5.41) is 3.86. The third kappa shape index (κ3) is 3.86. The van der Waals surface area contributed by atoms with Crippen molar-refractivity contribution in [3.05, 3.63) is 47.9 Å². The van der Waals surface area contributed by atoms with Gasteiger partial charge in [0.1, 0.15) is 0 Å². The Balaban J connectivity index is 2.22. The monoisotopic (exact) mass is 412 g/mol. The lowest BCUT2D eigenvalue weighted by Crippen LogP contribution is -2.33. The topological polar surface area (TPSA) is 98.2 Å². The summed E-state index contributed by atoms with van der Waals surface area (Å²) in [5.74, 6) is -5.05. The van der Waals surface area contributed by atoms with Crippen molar-refractivity contribution in [3.8, 4) is 11.4 Å². The van der Waals surface area contributed by atoms with Crippen molar-refractivity contribution < 1.29 is 26.7 Å². The Morgan fingerprint density at radius 2 is 1.97 bits per heavy atom. The molecule has 3 aromatic rings. The number of halogens is 5. The van der Waals surface area contributed by atoms with E-state index in [4.69, 9.17) is 5.73 Å².